The number of fused-ring (bicyclic) bond motifs is 1. The first-order chi connectivity index (χ1) is 13.1. The molecule has 27 heavy (non-hydrogen) atoms. The highest BCUT2D eigenvalue weighted by Crippen LogP contribution is 2.41. The number of rotatable bonds is 4. The van der Waals surface area contributed by atoms with Crippen LogP contribution in [0.4, 0.5) is 5.69 Å². The van der Waals surface area contributed by atoms with Gasteiger partial charge in [0.1, 0.15) is 5.75 Å². The molecular formula is C21H18ClN3O2. The van der Waals surface area contributed by atoms with E-state index in [4.69, 9.17) is 27.4 Å². The Kier molecular flexibility index (Phi) is 4.59. The molecule has 1 heterocycles. The zero-order valence-corrected chi connectivity index (χ0v) is 15.8. The maximum absolute atomic E-state index is 7.40. The van der Waals surface area contributed by atoms with E-state index in [9.17, 15) is 0 Å². The van der Waals surface area contributed by atoms with E-state index in [1.807, 2.05) is 32.0 Å². The predicted molar refractivity (Wildman–Crippen MR) is 104 cm³/mol. The number of hydrogen-bond acceptors (Lipinski definition) is 4. The molecule has 1 aliphatic carbocycles. The van der Waals surface area contributed by atoms with Crippen molar-refractivity contribution < 1.29 is 9.26 Å². The van der Waals surface area contributed by atoms with Gasteiger partial charge < -0.3 is 9.26 Å². The first-order valence-corrected chi connectivity index (χ1v) is 9.29. The van der Waals surface area contributed by atoms with Crippen LogP contribution in [0.2, 0.25) is 0 Å². The number of aromatic nitrogens is 2. The third-order valence-electron chi connectivity index (χ3n) is 4.55. The monoisotopic (exact) mass is 379 g/mol. The summed E-state index contributed by atoms with van der Waals surface area (Å²) in [5.41, 5.74) is 4.40. The second-order valence-corrected chi connectivity index (χ2v) is 7.29. The van der Waals surface area contributed by atoms with Crippen LogP contribution in [0.25, 0.3) is 27.7 Å². The van der Waals surface area contributed by atoms with E-state index in [0.29, 0.717) is 28.7 Å². The van der Waals surface area contributed by atoms with Crippen molar-refractivity contribution in [3.05, 3.63) is 58.9 Å². The number of hydrogen-bond donors (Lipinski definition) is 0. The first kappa shape index (κ1) is 17.6. The van der Waals surface area contributed by atoms with Crippen LogP contribution >= 0.6 is 11.6 Å². The van der Waals surface area contributed by atoms with Gasteiger partial charge in [-0.3, -0.25) is 0 Å². The molecule has 0 bridgehead atoms. The Balaban J connectivity index is 1.69. The summed E-state index contributed by atoms with van der Waals surface area (Å²) in [7, 11) is 0. The van der Waals surface area contributed by atoms with Crippen molar-refractivity contribution in [1.29, 1.82) is 0 Å². The van der Waals surface area contributed by atoms with Crippen molar-refractivity contribution in [2.75, 3.05) is 0 Å². The van der Waals surface area contributed by atoms with Crippen LogP contribution in [-0.4, -0.2) is 16.2 Å². The lowest BCUT2D eigenvalue weighted by Gasteiger charge is -2.11. The van der Waals surface area contributed by atoms with Crippen molar-refractivity contribution in [3.8, 4) is 28.6 Å². The molecule has 1 unspecified atom stereocenters. The third-order valence-corrected chi connectivity index (χ3v) is 5.01. The minimum atomic E-state index is -0.00251. The molecule has 0 saturated carbocycles. The minimum absolute atomic E-state index is 0.00251. The average Bonchev–Trinajstić information content (AvgIpc) is 3.29. The quantitative estimate of drug-likeness (QED) is 0.414. The van der Waals surface area contributed by atoms with Crippen molar-refractivity contribution in [1.82, 2.24) is 10.1 Å². The van der Waals surface area contributed by atoms with E-state index < -0.39 is 0 Å². The van der Waals surface area contributed by atoms with E-state index >= 15 is 0 Å². The molecule has 2 aromatic carbocycles. The van der Waals surface area contributed by atoms with Gasteiger partial charge in [-0.2, -0.15) is 4.98 Å². The lowest BCUT2D eigenvalue weighted by atomic mass is 10.0. The Labute approximate surface area is 162 Å². The van der Waals surface area contributed by atoms with E-state index in [0.717, 1.165) is 24.0 Å². The van der Waals surface area contributed by atoms with Crippen molar-refractivity contribution in [2.45, 2.75) is 38.2 Å². The van der Waals surface area contributed by atoms with E-state index in [1.54, 1.807) is 12.1 Å². The normalized spacial score (nSPS) is 15.6. The van der Waals surface area contributed by atoms with Gasteiger partial charge in [0.05, 0.1) is 18.1 Å². The highest BCUT2D eigenvalue weighted by Gasteiger charge is 2.25. The summed E-state index contributed by atoms with van der Waals surface area (Å²) in [4.78, 5) is 8.11. The molecule has 0 fully saturated rings. The van der Waals surface area contributed by atoms with Crippen LogP contribution in [0.1, 0.15) is 36.8 Å². The van der Waals surface area contributed by atoms with Crippen molar-refractivity contribution in [3.63, 3.8) is 0 Å². The summed E-state index contributed by atoms with van der Waals surface area (Å²) in [6.45, 7) is 11.2. The van der Waals surface area contributed by atoms with Gasteiger partial charge in [-0.05, 0) is 56.0 Å². The first-order valence-electron chi connectivity index (χ1n) is 8.85. The number of nitrogens with zero attached hydrogens (tertiary/aromatic N) is 3. The van der Waals surface area contributed by atoms with Gasteiger partial charge in [0.2, 0.25) is 11.5 Å². The molecule has 136 valence electrons. The summed E-state index contributed by atoms with van der Waals surface area (Å²) in [5.74, 6) is 1.47. The summed E-state index contributed by atoms with van der Waals surface area (Å²) in [6, 6.07) is 11.3. The van der Waals surface area contributed by atoms with Gasteiger partial charge in [0.15, 0.2) is 0 Å². The fourth-order valence-corrected chi connectivity index (χ4v) is 3.67. The second kappa shape index (κ2) is 7.05. The number of ether oxygens (including phenoxy) is 1. The molecule has 0 amide bonds. The summed E-state index contributed by atoms with van der Waals surface area (Å²) >= 11 is 6.38. The fraction of sp³-hybridized carbons (Fsp3) is 0.286. The molecule has 0 spiro atoms. The van der Waals surface area contributed by atoms with Gasteiger partial charge >= 0.3 is 0 Å². The highest BCUT2D eigenvalue weighted by molar-refractivity contribution is 6.21. The van der Waals surface area contributed by atoms with Gasteiger partial charge in [0, 0.05) is 11.1 Å². The van der Waals surface area contributed by atoms with Crippen LogP contribution in [0.3, 0.4) is 0 Å². The Morgan fingerprint density at radius 2 is 2.15 bits per heavy atom. The van der Waals surface area contributed by atoms with Crippen LogP contribution in [0.5, 0.6) is 5.75 Å². The molecule has 5 nitrogen and oxygen atoms in total. The Bertz CT molecular complexity index is 1040. The largest absolute Gasteiger partial charge is 0.502 e. The second-order valence-electron chi connectivity index (χ2n) is 6.76. The number of benzene rings is 2. The minimum Gasteiger partial charge on any atom is -0.502 e. The lowest BCUT2D eigenvalue weighted by Crippen LogP contribution is -2.05. The molecule has 3 aromatic rings. The lowest BCUT2D eigenvalue weighted by molar-refractivity contribution is 0.244. The van der Waals surface area contributed by atoms with Crippen molar-refractivity contribution in [2.24, 2.45) is 0 Å². The SMILES string of the molecule is [C-]#[N+]c1cc(-c2nc(-c3cccc4c3CCC4Cl)no2)ccc1OC(C)C. The standard InChI is InChI=1S/C21H18ClN3O2/c1-12(2)26-19-10-7-13(11-18(19)23-3)21-24-20(25-27-21)16-6-4-5-15-14(16)8-9-17(15)22/h4-7,10-12,17H,8-9H2,1-2H3. The topological polar surface area (TPSA) is 52.5 Å². The van der Waals surface area contributed by atoms with E-state index in [1.165, 1.54) is 5.56 Å². The molecule has 0 saturated heterocycles. The molecule has 0 radical (unpaired) electrons. The van der Waals surface area contributed by atoms with Crippen molar-refractivity contribution >= 4 is 17.3 Å². The molecule has 0 aliphatic heterocycles. The summed E-state index contributed by atoms with van der Waals surface area (Å²) in [6.07, 6.45) is 1.83. The van der Waals surface area contributed by atoms with Crippen LogP contribution in [-0.2, 0) is 6.42 Å². The summed E-state index contributed by atoms with van der Waals surface area (Å²) < 4.78 is 11.1. The van der Waals surface area contributed by atoms with Crippen LogP contribution < -0.4 is 4.74 Å². The van der Waals surface area contributed by atoms with Gasteiger partial charge in [0.25, 0.3) is 5.89 Å². The van der Waals surface area contributed by atoms with Gasteiger partial charge in [-0.25, -0.2) is 4.85 Å². The van der Waals surface area contributed by atoms with E-state index in [2.05, 4.69) is 21.1 Å². The van der Waals surface area contributed by atoms with Gasteiger partial charge in [-0.15, -0.1) is 11.6 Å². The number of halogens is 1. The van der Waals surface area contributed by atoms with E-state index in [-0.39, 0.29) is 11.5 Å². The molecule has 6 heteroatoms. The fourth-order valence-electron chi connectivity index (χ4n) is 3.35. The number of alkyl halides is 1. The van der Waals surface area contributed by atoms with Gasteiger partial charge in [-0.1, -0.05) is 23.4 Å². The third kappa shape index (κ3) is 3.29. The molecule has 4 rings (SSSR count). The molecular weight excluding hydrogens is 362 g/mol. The Morgan fingerprint density at radius 1 is 1.30 bits per heavy atom. The zero-order chi connectivity index (χ0) is 19.0. The summed E-state index contributed by atoms with van der Waals surface area (Å²) in [5, 5.41) is 4.20. The smallest absolute Gasteiger partial charge is 0.256 e. The predicted octanol–water partition coefficient (Wildman–Crippen LogP) is 5.97. The Hall–Kier alpha value is -2.84. The highest BCUT2D eigenvalue weighted by atomic mass is 35.5. The maximum atomic E-state index is 7.40. The maximum Gasteiger partial charge on any atom is 0.256 e. The van der Waals surface area contributed by atoms with Crippen LogP contribution in [0, 0.1) is 6.57 Å². The molecule has 0 N–H and O–H groups in total. The zero-order valence-electron chi connectivity index (χ0n) is 15.1. The molecule has 1 aromatic heterocycles. The molecule has 1 aliphatic rings. The Morgan fingerprint density at radius 3 is 2.93 bits per heavy atom. The average molecular weight is 380 g/mol. The van der Waals surface area contributed by atoms with Crippen LogP contribution in [0.15, 0.2) is 40.9 Å². The molecule has 1 atom stereocenters.